The first-order chi connectivity index (χ1) is 11.6. The van der Waals surface area contributed by atoms with Gasteiger partial charge in [-0.2, -0.15) is 0 Å². The highest BCUT2D eigenvalue weighted by atomic mass is 32.2. The van der Waals surface area contributed by atoms with Gasteiger partial charge in [0.25, 0.3) is 0 Å². The third kappa shape index (κ3) is 5.29. The van der Waals surface area contributed by atoms with Crippen LogP contribution in [0.3, 0.4) is 0 Å². The number of hydrogen-bond acceptors (Lipinski definition) is 4. The van der Waals surface area contributed by atoms with Crippen molar-refractivity contribution in [3.05, 3.63) is 29.8 Å². The quantitative estimate of drug-likeness (QED) is 0.845. The molecule has 0 radical (unpaired) electrons. The van der Waals surface area contributed by atoms with E-state index in [1.807, 2.05) is 20.8 Å². The van der Waals surface area contributed by atoms with Gasteiger partial charge in [-0.25, -0.2) is 8.42 Å². The Morgan fingerprint density at radius 1 is 1.20 bits per heavy atom. The van der Waals surface area contributed by atoms with Crippen molar-refractivity contribution in [2.45, 2.75) is 56.4 Å². The average Bonchev–Trinajstić information content (AvgIpc) is 2.71. The highest BCUT2D eigenvalue weighted by Gasteiger charge is 2.26. The lowest BCUT2D eigenvalue weighted by Crippen LogP contribution is -2.47. The van der Waals surface area contributed by atoms with Gasteiger partial charge in [-0.05, 0) is 42.4 Å². The molecule has 25 heavy (non-hydrogen) atoms. The first-order valence-corrected chi connectivity index (χ1v) is 10.2. The Kier molecular flexibility index (Phi) is 5.87. The van der Waals surface area contributed by atoms with Gasteiger partial charge in [-0.15, -0.1) is 0 Å². The molecule has 0 saturated carbocycles. The summed E-state index contributed by atoms with van der Waals surface area (Å²) in [5.74, 6) is -1.56. The molecule has 2 rings (SSSR count). The molecular weight excluding hydrogens is 340 g/mol. The number of carbonyl (C=O) groups excluding carboxylic acids is 2. The van der Waals surface area contributed by atoms with Gasteiger partial charge in [0.05, 0.1) is 4.90 Å². The Morgan fingerprint density at radius 2 is 1.84 bits per heavy atom. The van der Waals surface area contributed by atoms with E-state index in [4.69, 9.17) is 0 Å². The maximum absolute atomic E-state index is 12.4. The summed E-state index contributed by atoms with van der Waals surface area (Å²) < 4.78 is 24.9. The fourth-order valence-corrected chi connectivity index (χ4v) is 3.88. The van der Waals surface area contributed by atoms with Crippen LogP contribution in [0.15, 0.2) is 29.2 Å². The van der Waals surface area contributed by atoms with Crippen molar-refractivity contribution in [2.24, 2.45) is 0 Å². The molecule has 2 amide bonds. The van der Waals surface area contributed by atoms with Gasteiger partial charge in [0.1, 0.15) is 11.8 Å². The minimum absolute atomic E-state index is 0.0769. The second-order valence-electron chi connectivity index (χ2n) is 7.44. The largest absolute Gasteiger partial charge is 0.354 e. The van der Waals surface area contributed by atoms with Crippen molar-refractivity contribution in [3.63, 3.8) is 0 Å². The van der Waals surface area contributed by atoms with Crippen LogP contribution in [0.2, 0.25) is 0 Å². The Morgan fingerprint density at radius 3 is 2.44 bits per heavy atom. The molecule has 6 nitrogen and oxygen atoms in total. The Hall–Kier alpha value is -1.89. The summed E-state index contributed by atoms with van der Waals surface area (Å²) in [6.45, 7) is 6.72. The molecule has 0 spiro atoms. The maximum Gasteiger partial charge on any atom is 0.242 e. The summed E-state index contributed by atoms with van der Waals surface area (Å²) in [7, 11) is -3.74. The molecule has 1 saturated heterocycles. The number of amides is 2. The van der Waals surface area contributed by atoms with Crippen molar-refractivity contribution < 1.29 is 18.0 Å². The molecule has 0 unspecified atom stereocenters. The molecule has 138 valence electrons. The summed E-state index contributed by atoms with van der Waals surface area (Å²) >= 11 is 0. The minimum atomic E-state index is -3.74. The zero-order valence-electron chi connectivity index (χ0n) is 15.0. The van der Waals surface area contributed by atoms with Crippen LogP contribution in [0.1, 0.15) is 45.6 Å². The summed E-state index contributed by atoms with van der Waals surface area (Å²) in [5, 5.41) is 5.25. The fraction of sp³-hybridized carbons (Fsp3) is 0.556. The van der Waals surface area contributed by atoms with E-state index in [1.54, 1.807) is 12.1 Å². The number of benzene rings is 1. The van der Waals surface area contributed by atoms with Crippen molar-refractivity contribution in [2.75, 3.05) is 12.3 Å². The molecule has 1 aromatic carbocycles. The van der Waals surface area contributed by atoms with Gasteiger partial charge in [-0.3, -0.25) is 9.59 Å². The van der Waals surface area contributed by atoms with Crippen molar-refractivity contribution in [1.82, 2.24) is 10.6 Å². The van der Waals surface area contributed by atoms with Gasteiger partial charge < -0.3 is 10.6 Å². The number of carbonyl (C=O) groups is 2. The van der Waals surface area contributed by atoms with E-state index >= 15 is 0 Å². The SMILES string of the molecule is CC(C)(C)c1ccc(S(=O)(=O)CC(=O)N[C@H]2CCCCNC2=O)cc1. The monoisotopic (exact) mass is 366 g/mol. The number of hydrogen-bond donors (Lipinski definition) is 2. The number of rotatable bonds is 4. The van der Waals surface area contributed by atoms with Crippen LogP contribution >= 0.6 is 0 Å². The van der Waals surface area contributed by atoms with Crippen LogP contribution in [0.5, 0.6) is 0 Å². The molecule has 2 N–H and O–H groups in total. The Balaban J connectivity index is 2.04. The topological polar surface area (TPSA) is 92.3 Å². The third-order valence-electron chi connectivity index (χ3n) is 4.27. The van der Waals surface area contributed by atoms with Crippen molar-refractivity contribution >= 4 is 21.7 Å². The predicted octanol–water partition coefficient (Wildman–Crippen LogP) is 1.54. The van der Waals surface area contributed by atoms with E-state index in [1.165, 1.54) is 12.1 Å². The molecule has 0 bridgehead atoms. The predicted molar refractivity (Wildman–Crippen MR) is 96.0 cm³/mol. The van der Waals surface area contributed by atoms with E-state index in [9.17, 15) is 18.0 Å². The maximum atomic E-state index is 12.4. The molecule has 1 fully saturated rings. The van der Waals surface area contributed by atoms with Crippen molar-refractivity contribution in [1.29, 1.82) is 0 Å². The normalized spacial score (nSPS) is 19.0. The van der Waals surface area contributed by atoms with Crippen LogP contribution in [0, 0.1) is 0 Å². The van der Waals surface area contributed by atoms with Crippen LogP contribution < -0.4 is 10.6 Å². The third-order valence-corrected chi connectivity index (χ3v) is 5.90. The lowest BCUT2D eigenvalue weighted by atomic mass is 9.87. The molecule has 1 aliphatic rings. The van der Waals surface area contributed by atoms with Crippen LogP contribution in [0.4, 0.5) is 0 Å². The summed E-state index contributed by atoms with van der Waals surface area (Å²) in [6, 6.07) is 5.93. The fourth-order valence-electron chi connectivity index (χ4n) is 2.73. The Labute approximate surface area is 149 Å². The molecule has 1 aromatic rings. The number of sulfone groups is 1. The average molecular weight is 366 g/mol. The van der Waals surface area contributed by atoms with Gasteiger partial charge in [0.2, 0.25) is 11.8 Å². The highest BCUT2D eigenvalue weighted by Crippen LogP contribution is 2.23. The summed E-state index contributed by atoms with van der Waals surface area (Å²) in [4.78, 5) is 24.1. The minimum Gasteiger partial charge on any atom is -0.354 e. The van der Waals surface area contributed by atoms with E-state index < -0.39 is 27.5 Å². The van der Waals surface area contributed by atoms with E-state index in [0.29, 0.717) is 13.0 Å². The molecule has 0 aromatic heterocycles. The first-order valence-electron chi connectivity index (χ1n) is 8.50. The van der Waals surface area contributed by atoms with Crippen LogP contribution in [0.25, 0.3) is 0 Å². The standard InChI is InChI=1S/C18H26N2O4S/c1-18(2,3)13-7-9-14(10-8-13)25(23,24)12-16(21)20-15-6-4-5-11-19-17(15)22/h7-10,15H,4-6,11-12H2,1-3H3,(H,19,22)(H,20,21)/t15-/m0/s1. The number of nitrogens with one attached hydrogen (secondary N) is 2. The van der Waals surface area contributed by atoms with E-state index in [0.717, 1.165) is 18.4 Å². The van der Waals surface area contributed by atoms with Gasteiger partial charge in [-0.1, -0.05) is 32.9 Å². The van der Waals surface area contributed by atoms with Gasteiger partial charge >= 0.3 is 0 Å². The molecule has 1 atom stereocenters. The molecule has 7 heteroatoms. The van der Waals surface area contributed by atoms with E-state index in [-0.39, 0.29) is 16.2 Å². The second kappa shape index (κ2) is 7.56. The van der Waals surface area contributed by atoms with Crippen LogP contribution in [-0.2, 0) is 24.8 Å². The smallest absolute Gasteiger partial charge is 0.242 e. The lowest BCUT2D eigenvalue weighted by Gasteiger charge is -2.19. The summed E-state index contributed by atoms with van der Waals surface area (Å²) in [5.41, 5.74) is 0.943. The molecular formula is C18H26N2O4S. The molecule has 0 aliphatic carbocycles. The zero-order chi connectivity index (χ0) is 18.7. The second-order valence-corrected chi connectivity index (χ2v) is 9.43. The van der Waals surface area contributed by atoms with E-state index in [2.05, 4.69) is 10.6 Å². The molecule has 1 aliphatic heterocycles. The Bertz CT molecular complexity index is 733. The molecule has 1 heterocycles. The summed E-state index contributed by atoms with van der Waals surface area (Å²) in [6.07, 6.45) is 2.19. The zero-order valence-corrected chi connectivity index (χ0v) is 15.8. The van der Waals surface area contributed by atoms with Gasteiger partial charge in [0, 0.05) is 6.54 Å². The highest BCUT2D eigenvalue weighted by molar-refractivity contribution is 7.92. The van der Waals surface area contributed by atoms with Crippen LogP contribution in [-0.4, -0.2) is 38.6 Å². The first kappa shape index (κ1) is 19.4. The lowest BCUT2D eigenvalue weighted by molar-refractivity contribution is -0.127. The van der Waals surface area contributed by atoms with Gasteiger partial charge in [0.15, 0.2) is 9.84 Å². The van der Waals surface area contributed by atoms with Crippen molar-refractivity contribution in [3.8, 4) is 0 Å².